The third-order valence-corrected chi connectivity index (χ3v) is 7.66. The molecule has 1 atom stereocenters. The van der Waals surface area contributed by atoms with E-state index >= 15 is 0 Å². The van der Waals surface area contributed by atoms with Crippen molar-refractivity contribution in [3.63, 3.8) is 0 Å². The Kier molecular flexibility index (Phi) is 6.17. The highest BCUT2D eigenvalue weighted by molar-refractivity contribution is 7.11. The molecule has 5 rings (SSSR count). The Morgan fingerprint density at radius 2 is 2.00 bits per heavy atom. The van der Waals surface area contributed by atoms with Crippen LogP contribution in [0.15, 0.2) is 18.2 Å². The van der Waals surface area contributed by atoms with E-state index in [0.29, 0.717) is 37.8 Å². The van der Waals surface area contributed by atoms with E-state index in [1.54, 1.807) is 0 Å². The summed E-state index contributed by atoms with van der Waals surface area (Å²) in [5, 5.41) is 17.7. The number of carbonyl (C=O) groups is 2. The van der Waals surface area contributed by atoms with E-state index < -0.39 is 28.9 Å². The fourth-order valence-corrected chi connectivity index (χ4v) is 5.66. The summed E-state index contributed by atoms with van der Waals surface area (Å²) in [5.41, 5.74) is -0.835. The minimum Gasteiger partial charge on any atom is -0.484 e. The van der Waals surface area contributed by atoms with Gasteiger partial charge in [0.2, 0.25) is 0 Å². The molecule has 1 aromatic heterocycles. The van der Waals surface area contributed by atoms with Gasteiger partial charge < -0.3 is 20.5 Å². The molecule has 0 saturated heterocycles. The Morgan fingerprint density at radius 1 is 1.28 bits per heavy atom. The average molecular weight is 482 g/mol. The smallest absolute Gasteiger partial charge is 0.271 e. The Hall–Kier alpha value is -2.23. The quantitative estimate of drug-likeness (QED) is 0.587. The lowest BCUT2D eigenvalue weighted by Gasteiger charge is -2.56. The zero-order valence-electron chi connectivity index (χ0n) is 17.8. The van der Waals surface area contributed by atoms with E-state index in [9.17, 15) is 19.1 Å². The Labute approximate surface area is 194 Å². The predicted molar refractivity (Wildman–Crippen MR) is 119 cm³/mol. The maximum atomic E-state index is 13.5. The van der Waals surface area contributed by atoms with Crippen LogP contribution in [0.25, 0.3) is 0 Å². The summed E-state index contributed by atoms with van der Waals surface area (Å²) in [5.74, 6) is -1.05. The molecular weight excluding hydrogens is 457 g/mol. The Balaban J connectivity index is 1.35. The molecule has 0 aliphatic heterocycles. The fraction of sp³-hybridized carbons (Fsp3) is 0.500. The van der Waals surface area contributed by atoms with Crippen molar-refractivity contribution in [1.82, 2.24) is 15.6 Å². The van der Waals surface area contributed by atoms with Gasteiger partial charge in [0.05, 0.1) is 21.7 Å². The van der Waals surface area contributed by atoms with Crippen LogP contribution in [0.5, 0.6) is 5.75 Å². The maximum absolute atomic E-state index is 13.5. The third kappa shape index (κ3) is 4.46. The number of aliphatic hydroxyl groups is 1. The van der Waals surface area contributed by atoms with Crippen LogP contribution < -0.4 is 15.4 Å². The van der Waals surface area contributed by atoms with Gasteiger partial charge in [0, 0.05) is 16.5 Å². The van der Waals surface area contributed by atoms with Crippen molar-refractivity contribution < 1.29 is 23.8 Å². The van der Waals surface area contributed by atoms with Crippen molar-refractivity contribution in [2.45, 2.75) is 63.1 Å². The summed E-state index contributed by atoms with van der Waals surface area (Å²) in [6.45, 7) is 3.43. The van der Waals surface area contributed by atoms with Crippen molar-refractivity contribution in [2.24, 2.45) is 0 Å². The number of ether oxygens (including phenoxy) is 1. The second-order valence-electron chi connectivity index (χ2n) is 8.66. The molecule has 2 bridgehead atoms. The molecule has 7 nitrogen and oxygen atoms in total. The lowest BCUT2D eigenvalue weighted by Crippen LogP contribution is -2.70. The van der Waals surface area contributed by atoms with Crippen molar-refractivity contribution in [1.29, 1.82) is 0 Å². The van der Waals surface area contributed by atoms with Gasteiger partial charge in [0.25, 0.3) is 11.8 Å². The number of carbonyl (C=O) groups excluding carboxylic acids is 2. The molecule has 3 N–H and O–H groups in total. The van der Waals surface area contributed by atoms with E-state index in [0.717, 1.165) is 16.0 Å². The molecule has 32 heavy (non-hydrogen) atoms. The number of nitrogens with zero attached hydrogens (tertiary/aromatic N) is 1. The molecule has 2 aromatic rings. The Bertz CT molecular complexity index is 1050. The number of aliphatic hydroxyl groups excluding tert-OH is 1. The molecule has 10 heteroatoms. The van der Waals surface area contributed by atoms with E-state index in [1.807, 2.05) is 13.8 Å². The van der Waals surface area contributed by atoms with Crippen molar-refractivity contribution >= 4 is 34.8 Å². The number of aromatic nitrogens is 1. The van der Waals surface area contributed by atoms with Crippen LogP contribution in [0.4, 0.5) is 4.39 Å². The zero-order chi connectivity index (χ0) is 23.1. The van der Waals surface area contributed by atoms with E-state index in [4.69, 9.17) is 16.3 Å². The molecule has 3 aliphatic carbocycles. The number of thiazole rings is 1. The summed E-state index contributed by atoms with van der Waals surface area (Å²) >= 11 is 7.13. The molecule has 3 aliphatic rings. The van der Waals surface area contributed by atoms with Crippen molar-refractivity contribution in [3.05, 3.63) is 44.6 Å². The van der Waals surface area contributed by atoms with E-state index in [-0.39, 0.29) is 23.3 Å². The molecule has 0 radical (unpaired) electrons. The van der Waals surface area contributed by atoms with Gasteiger partial charge in [-0.05, 0) is 58.1 Å². The molecule has 2 amide bonds. The number of rotatable bonds is 6. The number of hydrogen-bond donors (Lipinski definition) is 3. The van der Waals surface area contributed by atoms with Gasteiger partial charge >= 0.3 is 0 Å². The first-order valence-electron chi connectivity index (χ1n) is 10.4. The topological polar surface area (TPSA) is 101 Å². The van der Waals surface area contributed by atoms with Gasteiger partial charge in [0.15, 0.2) is 6.61 Å². The first-order valence-corrected chi connectivity index (χ1v) is 11.6. The molecule has 0 spiro atoms. The van der Waals surface area contributed by atoms with Crippen LogP contribution in [0, 0.1) is 19.7 Å². The first kappa shape index (κ1) is 22.9. The second kappa shape index (κ2) is 8.61. The number of fused-ring (bicyclic) bond motifs is 3. The van der Waals surface area contributed by atoms with Gasteiger partial charge in [-0.3, -0.25) is 9.59 Å². The number of amides is 2. The molecular formula is C22H25ClFN3O4S. The Morgan fingerprint density at radius 3 is 2.59 bits per heavy atom. The van der Waals surface area contributed by atoms with Crippen LogP contribution in [-0.4, -0.2) is 45.7 Å². The van der Waals surface area contributed by atoms with E-state index in [1.165, 1.54) is 23.5 Å². The van der Waals surface area contributed by atoms with Gasteiger partial charge in [-0.2, -0.15) is 0 Å². The van der Waals surface area contributed by atoms with Crippen LogP contribution in [0.1, 0.15) is 52.5 Å². The zero-order valence-corrected chi connectivity index (χ0v) is 19.4. The summed E-state index contributed by atoms with van der Waals surface area (Å²) in [7, 11) is 0. The number of hydrogen-bond acceptors (Lipinski definition) is 6. The monoisotopic (exact) mass is 481 g/mol. The van der Waals surface area contributed by atoms with Crippen LogP contribution >= 0.6 is 22.9 Å². The lowest BCUT2D eigenvalue weighted by molar-refractivity contribution is -0.132. The maximum Gasteiger partial charge on any atom is 0.271 e. The summed E-state index contributed by atoms with van der Waals surface area (Å²) in [6.07, 6.45) is 1.89. The molecule has 3 fully saturated rings. The number of nitrogens with one attached hydrogen (secondary N) is 2. The largest absolute Gasteiger partial charge is 0.484 e. The minimum absolute atomic E-state index is 0.0242. The molecule has 1 heterocycles. The first-order chi connectivity index (χ1) is 15.1. The number of aryl methyl sites for hydroxylation is 2. The molecule has 1 aromatic carbocycles. The highest BCUT2D eigenvalue weighted by Gasteiger charge is 2.55. The highest BCUT2D eigenvalue weighted by Crippen LogP contribution is 2.47. The predicted octanol–water partition coefficient (Wildman–Crippen LogP) is 3.29. The number of benzene rings is 1. The molecule has 172 valence electrons. The third-order valence-electron chi connectivity index (χ3n) is 6.47. The highest BCUT2D eigenvalue weighted by atomic mass is 35.5. The lowest BCUT2D eigenvalue weighted by atomic mass is 9.60. The average Bonchev–Trinajstić information content (AvgIpc) is 3.08. The summed E-state index contributed by atoms with van der Waals surface area (Å²) in [6, 6.07) is 3.96. The van der Waals surface area contributed by atoms with Crippen LogP contribution in [0.3, 0.4) is 0 Å². The molecule has 0 unspecified atom stereocenters. The minimum atomic E-state index is -0.805. The van der Waals surface area contributed by atoms with E-state index in [2.05, 4.69) is 15.6 Å². The standard InChI is InChI=1S/C22H25ClFN3O4S/c1-12-19(25-13(2)32-12)20(30)27-21-5-7-22(8-6-21,17(28)10-21)26-18(29)11-31-14-3-4-15(23)16(24)9-14/h3-4,9,17,28H,5-8,10-11H2,1-2H3,(H,26,29)(H,27,30)/t17-,21?,22?/m1/s1. The van der Waals surface area contributed by atoms with Gasteiger partial charge in [-0.15, -0.1) is 11.3 Å². The summed E-state index contributed by atoms with van der Waals surface area (Å²) in [4.78, 5) is 30.5. The van der Waals surface area contributed by atoms with Crippen molar-refractivity contribution in [3.8, 4) is 5.75 Å². The summed E-state index contributed by atoms with van der Waals surface area (Å²) < 4.78 is 18.9. The van der Waals surface area contributed by atoms with Crippen LogP contribution in [0.2, 0.25) is 5.02 Å². The van der Waals surface area contributed by atoms with Gasteiger partial charge in [0.1, 0.15) is 17.3 Å². The van der Waals surface area contributed by atoms with Crippen molar-refractivity contribution in [2.75, 3.05) is 6.61 Å². The number of halogens is 2. The van der Waals surface area contributed by atoms with Gasteiger partial charge in [-0.1, -0.05) is 11.6 Å². The fourth-order valence-electron chi connectivity index (χ4n) is 4.73. The normalized spacial score (nSPS) is 26.6. The second-order valence-corrected chi connectivity index (χ2v) is 10.5. The van der Waals surface area contributed by atoms with Crippen LogP contribution in [-0.2, 0) is 4.79 Å². The van der Waals surface area contributed by atoms with Gasteiger partial charge in [-0.25, -0.2) is 9.37 Å². The molecule has 3 saturated carbocycles. The SMILES string of the molecule is Cc1nc(C(=O)NC23CCC(NC(=O)COc4ccc(Cl)c(F)c4)(CC2)[C@H](O)C3)c(C)s1.